The molecule has 0 aromatic heterocycles. The van der Waals surface area contributed by atoms with E-state index >= 15 is 0 Å². The van der Waals surface area contributed by atoms with Gasteiger partial charge in [0, 0.05) is 24.7 Å². The highest BCUT2D eigenvalue weighted by Gasteiger charge is 2.66. The minimum absolute atomic E-state index is 0.0130. The fraction of sp³-hybridized carbons (Fsp3) is 0.891. The number of hydrogen-bond donors (Lipinski definition) is 1. The van der Waals surface area contributed by atoms with Crippen molar-refractivity contribution < 1.29 is 113 Å². The lowest BCUT2D eigenvalue weighted by Gasteiger charge is -2.60. The predicted octanol–water partition coefficient (Wildman–Crippen LogP) is 16.5. The maximum Gasteiger partial charge on any atom is 0.347 e. The Hall–Kier alpha value is -5.43. The minimum atomic E-state index is -3.53. The molecule has 14 bridgehead atoms. The maximum atomic E-state index is 12.6. The van der Waals surface area contributed by atoms with E-state index in [1.807, 2.05) is 76.2 Å². The van der Waals surface area contributed by atoms with Crippen LogP contribution in [0.2, 0.25) is 0 Å². The first-order valence-electron chi connectivity index (χ1n) is 45.0. The van der Waals surface area contributed by atoms with Gasteiger partial charge in [-0.15, -0.1) is 0 Å². The molecule has 0 spiro atoms. The Labute approximate surface area is 698 Å². The lowest BCUT2D eigenvalue weighted by atomic mass is 9.49. The van der Waals surface area contributed by atoms with E-state index < -0.39 is 122 Å². The molecule has 15 saturated carbocycles. The first-order chi connectivity index (χ1) is 54.3. The van der Waals surface area contributed by atoms with E-state index in [0.717, 1.165) is 114 Å². The maximum absolute atomic E-state index is 12.6. The van der Waals surface area contributed by atoms with Gasteiger partial charge in [-0.25, -0.2) is 19.2 Å². The molecule has 2 saturated heterocycles. The van der Waals surface area contributed by atoms with E-state index in [1.165, 1.54) is 57.8 Å². The Morgan fingerprint density at radius 1 is 0.453 bits per heavy atom. The van der Waals surface area contributed by atoms with Gasteiger partial charge in [0.05, 0.1) is 49.9 Å². The molecule has 0 radical (unpaired) electrons. The van der Waals surface area contributed by atoms with E-state index in [9.17, 15) is 61.5 Å². The number of ether oxygens (including phenoxy) is 10. The topological polar surface area (TPSA) is 327 Å². The Morgan fingerprint density at radius 2 is 0.863 bits per heavy atom. The second-order valence-electron chi connectivity index (χ2n) is 42.3. The smallest absolute Gasteiger partial charge is 0.347 e. The first-order valence-corrected chi connectivity index (χ1v) is 46.4. The van der Waals surface area contributed by atoms with Crippen LogP contribution in [0.4, 0.5) is 0 Å². The third-order valence-electron chi connectivity index (χ3n) is 31.2. The average molecular weight is 1670 g/mol. The van der Waals surface area contributed by atoms with Crippen LogP contribution < -0.4 is 0 Å². The number of esters is 10. The third-order valence-corrected chi connectivity index (χ3v) is 32.9. The van der Waals surface area contributed by atoms with Gasteiger partial charge in [0.2, 0.25) is 6.10 Å². The molecule has 17 fully saturated rings. The summed E-state index contributed by atoms with van der Waals surface area (Å²) in [6, 6.07) is 0. The fourth-order valence-electron chi connectivity index (χ4n) is 21.6. The van der Waals surface area contributed by atoms with Gasteiger partial charge in [-0.3, -0.25) is 33.0 Å². The van der Waals surface area contributed by atoms with Crippen molar-refractivity contribution in [3.05, 3.63) is 0 Å². The largest absolute Gasteiger partial charge is 0.463 e. The zero-order chi connectivity index (χ0) is 86.8. The summed E-state index contributed by atoms with van der Waals surface area (Å²) in [5.74, 6) is 2.95. The first kappa shape index (κ1) is 95.4. The standard InChI is InChI=1S/C21H32O6.C18H30O2.C16H26O3.C15H22O7S.C12H22O2.C10H16O4/c1-5-20(2,3)19(24)26-11-17(22)25-12-18(23)27-21(4)15-7-13-6-14(9-15)10-16(21)8-13;1-5-17(3,4)16(19)20-18(6-2)14-8-12-7-13(10-14)11-15(18)9-12;1-4-14(2,3)13(17)19-16-8-11-5-12(9-16)7-15(18,6-11)10-16;1-4-15(2,3)14(17)20-7-11(16)21-12-8-5-9-10(6-8)23(18,19)22-13(9)12;1-5-11(2,3)10(13)14-12(4)8-6-7-9-12;1-4-10(2,3)9(12)14-7-5-6-13-8(7)11/h13-16H,5-12H2,1-4H3;12-15H,5-11H2,1-4H3;11-12,18H,4-10H2,1-3H3;8-10,12-13H,4-7H2,1-3H3;5-9H2,1-4H3;7H,4-6H2,1-3H3. The predicted molar refractivity (Wildman–Crippen MR) is 436 cm³/mol. The number of carbonyl (C=O) groups is 10. The summed E-state index contributed by atoms with van der Waals surface area (Å²) < 4.78 is 82.5. The van der Waals surface area contributed by atoms with Crippen molar-refractivity contribution in [2.75, 3.05) is 26.4 Å². The van der Waals surface area contributed by atoms with Gasteiger partial charge in [-0.05, 0) is 336 Å². The monoisotopic (exact) mass is 1670 g/mol. The third kappa shape index (κ3) is 22.2. The van der Waals surface area contributed by atoms with Gasteiger partial charge in [0.15, 0.2) is 19.8 Å². The summed E-state index contributed by atoms with van der Waals surface area (Å²) in [7, 11) is -3.53. The molecule has 24 nitrogen and oxygen atoms in total. The van der Waals surface area contributed by atoms with Gasteiger partial charge in [0.1, 0.15) is 34.6 Å². The highest BCUT2D eigenvalue weighted by molar-refractivity contribution is 7.87. The Balaban J connectivity index is 0.000000163. The molecule has 8 unspecified atom stereocenters. The van der Waals surface area contributed by atoms with Gasteiger partial charge < -0.3 is 52.5 Å². The van der Waals surface area contributed by atoms with Crippen molar-refractivity contribution in [1.29, 1.82) is 0 Å². The van der Waals surface area contributed by atoms with E-state index in [-0.39, 0.29) is 63.3 Å². The summed E-state index contributed by atoms with van der Waals surface area (Å²) in [5.41, 5.74) is -4.55. The van der Waals surface area contributed by atoms with Gasteiger partial charge in [0.25, 0.3) is 10.1 Å². The number of cyclic esters (lactones) is 1. The molecule has 25 heteroatoms. The molecule has 666 valence electrons. The van der Waals surface area contributed by atoms with Gasteiger partial charge >= 0.3 is 59.7 Å². The molecule has 2 heterocycles. The van der Waals surface area contributed by atoms with Crippen LogP contribution in [-0.4, -0.2) is 151 Å². The van der Waals surface area contributed by atoms with Crippen molar-refractivity contribution in [2.45, 2.75) is 390 Å². The van der Waals surface area contributed by atoms with Crippen LogP contribution in [0.1, 0.15) is 338 Å². The molecule has 1 N–H and O–H groups in total. The van der Waals surface area contributed by atoms with Gasteiger partial charge in [-0.1, -0.05) is 48.5 Å². The zero-order valence-electron chi connectivity index (χ0n) is 75.0. The summed E-state index contributed by atoms with van der Waals surface area (Å²) in [6.07, 6.45) is 27.9. The highest BCUT2D eigenvalue weighted by Crippen LogP contribution is 2.63. The highest BCUT2D eigenvalue weighted by atomic mass is 32.2. The van der Waals surface area contributed by atoms with Crippen LogP contribution in [0, 0.1) is 104 Å². The molecule has 17 rings (SSSR count). The van der Waals surface area contributed by atoms with Crippen LogP contribution in [0.5, 0.6) is 0 Å². The Morgan fingerprint density at radius 3 is 1.30 bits per heavy atom. The molecule has 17 aliphatic rings. The lowest BCUT2D eigenvalue weighted by molar-refractivity contribution is -0.225. The van der Waals surface area contributed by atoms with Crippen molar-refractivity contribution in [1.82, 2.24) is 0 Å². The molecule has 0 amide bonds. The number of rotatable bonds is 25. The number of carbonyl (C=O) groups excluding carboxylic acids is 10. The summed E-state index contributed by atoms with van der Waals surface area (Å²) >= 11 is 0. The lowest BCUT2D eigenvalue weighted by Crippen LogP contribution is -2.61. The van der Waals surface area contributed by atoms with Crippen molar-refractivity contribution in [2.24, 2.45) is 104 Å². The van der Waals surface area contributed by atoms with Crippen LogP contribution in [0.3, 0.4) is 0 Å². The van der Waals surface area contributed by atoms with Crippen LogP contribution in [0.25, 0.3) is 0 Å². The number of aliphatic hydroxyl groups is 1. The molecule has 15 aliphatic carbocycles. The second kappa shape index (κ2) is 36.9. The zero-order valence-corrected chi connectivity index (χ0v) is 75.8. The van der Waals surface area contributed by atoms with Crippen LogP contribution in [0.15, 0.2) is 0 Å². The fourth-order valence-corrected chi connectivity index (χ4v) is 23.5. The van der Waals surface area contributed by atoms with Crippen LogP contribution >= 0.6 is 0 Å². The second-order valence-corrected chi connectivity index (χ2v) is 44.1. The molecular weight excluding hydrogens is 1520 g/mol. The van der Waals surface area contributed by atoms with Crippen molar-refractivity contribution >= 4 is 69.8 Å². The Kier molecular flexibility index (Phi) is 30.1. The van der Waals surface area contributed by atoms with E-state index in [1.54, 1.807) is 41.5 Å². The quantitative estimate of drug-likeness (QED) is 0.0504. The molecular formula is C92H148O24S. The van der Waals surface area contributed by atoms with E-state index in [4.69, 9.17) is 51.6 Å². The van der Waals surface area contributed by atoms with Crippen molar-refractivity contribution in [3.8, 4) is 0 Å². The number of fused-ring (bicyclic) bond motifs is 1. The normalized spacial score (nSPS) is 34.8. The SMILES string of the molecule is CCC(C)(C)C(=O)OC1(C)CCCC1.CCC(C)(C)C(=O)OC1(CC)C2CC3CC(C2)CC1C3.CCC(C)(C)C(=O)OC12CC3CC(CC(O)(C3)C1)C2.CCC(C)(C)C(=O)OC1CCOC1=O.CCC(C)(C)C(=O)OCC(=O)OC1C2CC3C1OS(=O)(=O)C3C2.CCC(C)(C)C(=O)OCC(=O)OCC(=O)OC1(C)C2CC3CC(C2)CC1C3. The summed E-state index contributed by atoms with van der Waals surface area (Å²) in [6.45, 7) is 39.5. The number of hydrogen-bond acceptors (Lipinski definition) is 24. The molecule has 0 aromatic rings. The average Bonchev–Trinajstić information content (AvgIpc) is 1.70. The molecule has 0 aromatic carbocycles. The Bertz CT molecular complexity index is 3600. The van der Waals surface area contributed by atoms with E-state index in [0.29, 0.717) is 87.1 Å². The van der Waals surface area contributed by atoms with Gasteiger partial charge in [-0.2, -0.15) is 8.42 Å². The summed E-state index contributed by atoms with van der Waals surface area (Å²) in [4.78, 5) is 119. The van der Waals surface area contributed by atoms with Crippen molar-refractivity contribution in [3.63, 3.8) is 0 Å². The molecule has 2 aliphatic heterocycles. The molecule has 117 heavy (non-hydrogen) atoms. The van der Waals surface area contributed by atoms with Crippen LogP contribution in [-0.2, 0) is 110 Å². The summed E-state index contributed by atoms with van der Waals surface area (Å²) in [5, 5.41) is 10.2. The van der Waals surface area contributed by atoms with E-state index in [2.05, 4.69) is 27.7 Å². The minimum Gasteiger partial charge on any atom is -0.463 e. The molecule has 8 atom stereocenters.